The van der Waals surface area contributed by atoms with Crippen molar-refractivity contribution < 1.29 is 14.2 Å². The van der Waals surface area contributed by atoms with Crippen LogP contribution in [0.1, 0.15) is 30.9 Å². The molecule has 0 bridgehead atoms. The third-order valence-corrected chi connectivity index (χ3v) is 6.22. The van der Waals surface area contributed by atoms with Crippen molar-refractivity contribution in [3.8, 4) is 17.4 Å². The minimum Gasteiger partial charge on any atom is -0.493 e. The molecule has 1 unspecified atom stereocenters. The Morgan fingerprint density at radius 2 is 1.81 bits per heavy atom. The van der Waals surface area contributed by atoms with Gasteiger partial charge in [0.05, 0.1) is 39.0 Å². The zero-order chi connectivity index (χ0) is 25.5. The largest absolute Gasteiger partial charge is 0.493 e. The minimum atomic E-state index is 0.219. The molecule has 1 aromatic carbocycles. The minimum absolute atomic E-state index is 0.219. The SMILES string of the molecule is CCC(N)CCN(C)c1cnc2c(c1)ncn2Cc1ccc(OCc2ccc(OC)nc2)c(OC)c1. The molecule has 36 heavy (non-hydrogen) atoms. The lowest BCUT2D eigenvalue weighted by atomic mass is 10.1. The second-order valence-electron chi connectivity index (χ2n) is 8.77. The molecule has 9 nitrogen and oxygen atoms in total. The van der Waals surface area contributed by atoms with Gasteiger partial charge >= 0.3 is 0 Å². The molecule has 1 atom stereocenters. The Bertz CT molecular complexity index is 1270. The molecule has 2 N–H and O–H groups in total. The summed E-state index contributed by atoms with van der Waals surface area (Å²) >= 11 is 0. The quantitative estimate of drug-likeness (QED) is 0.318. The van der Waals surface area contributed by atoms with Crippen molar-refractivity contribution in [2.45, 2.75) is 39.0 Å². The zero-order valence-corrected chi connectivity index (χ0v) is 21.3. The molecule has 3 aromatic heterocycles. The van der Waals surface area contributed by atoms with Crippen LogP contribution in [0.3, 0.4) is 0 Å². The van der Waals surface area contributed by atoms with Crippen LogP contribution in [0.15, 0.2) is 55.1 Å². The van der Waals surface area contributed by atoms with Gasteiger partial charge in [-0.2, -0.15) is 0 Å². The molecule has 0 aliphatic carbocycles. The van der Waals surface area contributed by atoms with Gasteiger partial charge in [-0.15, -0.1) is 0 Å². The van der Waals surface area contributed by atoms with Crippen LogP contribution < -0.4 is 24.8 Å². The Morgan fingerprint density at radius 3 is 2.53 bits per heavy atom. The Hall–Kier alpha value is -3.85. The molecular formula is C27H34N6O3. The molecule has 3 heterocycles. The van der Waals surface area contributed by atoms with Crippen LogP contribution >= 0.6 is 0 Å². The summed E-state index contributed by atoms with van der Waals surface area (Å²) in [5.41, 5.74) is 10.8. The van der Waals surface area contributed by atoms with Gasteiger partial charge in [0, 0.05) is 37.5 Å². The molecule has 0 aliphatic heterocycles. The summed E-state index contributed by atoms with van der Waals surface area (Å²) in [6.07, 6.45) is 7.37. The first kappa shape index (κ1) is 25.2. The first-order valence-corrected chi connectivity index (χ1v) is 12.1. The summed E-state index contributed by atoms with van der Waals surface area (Å²) in [4.78, 5) is 15.7. The number of rotatable bonds is 12. The number of benzene rings is 1. The predicted molar refractivity (Wildman–Crippen MR) is 141 cm³/mol. The fraction of sp³-hybridized carbons (Fsp3) is 0.370. The molecule has 9 heteroatoms. The van der Waals surface area contributed by atoms with E-state index >= 15 is 0 Å². The van der Waals surface area contributed by atoms with Crippen molar-refractivity contribution in [1.29, 1.82) is 0 Å². The summed E-state index contributed by atoms with van der Waals surface area (Å²) in [7, 11) is 5.29. The lowest BCUT2D eigenvalue weighted by Crippen LogP contribution is -2.27. The summed E-state index contributed by atoms with van der Waals surface area (Å²) in [6.45, 7) is 3.99. The average molecular weight is 491 g/mol. The smallest absolute Gasteiger partial charge is 0.212 e. The summed E-state index contributed by atoms with van der Waals surface area (Å²) in [6, 6.07) is 11.9. The number of hydrogen-bond donors (Lipinski definition) is 1. The molecule has 4 aromatic rings. The number of nitrogens with two attached hydrogens (primary N) is 1. The molecule has 0 radical (unpaired) electrons. The number of imidazole rings is 1. The van der Waals surface area contributed by atoms with E-state index in [0.717, 1.165) is 47.4 Å². The van der Waals surface area contributed by atoms with Crippen molar-refractivity contribution >= 4 is 16.9 Å². The summed E-state index contributed by atoms with van der Waals surface area (Å²) in [5.74, 6) is 1.91. The normalized spacial score (nSPS) is 11.9. The average Bonchev–Trinajstić information content (AvgIpc) is 3.32. The third-order valence-electron chi connectivity index (χ3n) is 6.22. The van der Waals surface area contributed by atoms with E-state index in [4.69, 9.17) is 24.9 Å². The van der Waals surface area contributed by atoms with Crippen molar-refractivity contribution in [3.63, 3.8) is 0 Å². The maximum atomic E-state index is 6.07. The number of methoxy groups -OCH3 is 2. The number of nitrogens with zero attached hydrogens (tertiary/aromatic N) is 5. The highest BCUT2D eigenvalue weighted by atomic mass is 16.5. The van der Waals surface area contributed by atoms with Crippen LogP contribution in [-0.4, -0.2) is 53.4 Å². The van der Waals surface area contributed by atoms with E-state index in [2.05, 4.69) is 34.9 Å². The fourth-order valence-corrected chi connectivity index (χ4v) is 3.86. The van der Waals surface area contributed by atoms with Gasteiger partial charge in [-0.05, 0) is 42.7 Å². The van der Waals surface area contributed by atoms with E-state index in [1.807, 2.05) is 47.4 Å². The molecular weight excluding hydrogens is 456 g/mol. The predicted octanol–water partition coefficient (Wildman–Crippen LogP) is 4.03. The van der Waals surface area contributed by atoms with E-state index in [0.29, 0.717) is 30.5 Å². The van der Waals surface area contributed by atoms with Crippen LogP contribution in [0.2, 0.25) is 0 Å². The third kappa shape index (κ3) is 6.04. The maximum Gasteiger partial charge on any atom is 0.212 e. The molecule has 0 fully saturated rings. The van der Waals surface area contributed by atoms with Gasteiger partial charge in [0.25, 0.3) is 0 Å². The van der Waals surface area contributed by atoms with Gasteiger partial charge in [-0.1, -0.05) is 13.0 Å². The van der Waals surface area contributed by atoms with E-state index < -0.39 is 0 Å². The Labute approximate surface area is 211 Å². The van der Waals surface area contributed by atoms with Crippen LogP contribution in [0.5, 0.6) is 17.4 Å². The van der Waals surface area contributed by atoms with Crippen LogP contribution in [-0.2, 0) is 13.2 Å². The number of anilines is 1. The molecule has 0 amide bonds. The summed E-state index contributed by atoms with van der Waals surface area (Å²) < 4.78 is 18.7. The zero-order valence-electron chi connectivity index (χ0n) is 21.3. The molecule has 0 saturated heterocycles. The van der Waals surface area contributed by atoms with Gasteiger partial charge < -0.3 is 29.4 Å². The highest BCUT2D eigenvalue weighted by Crippen LogP contribution is 2.30. The molecule has 190 valence electrons. The highest BCUT2D eigenvalue weighted by molar-refractivity contribution is 5.75. The van der Waals surface area contributed by atoms with E-state index in [9.17, 15) is 0 Å². The number of pyridine rings is 2. The molecule has 0 saturated carbocycles. The van der Waals surface area contributed by atoms with Crippen molar-refractivity contribution in [2.24, 2.45) is 5.73 Å². The maximum absolute atomic E-state index is 6.07. The van der Waals surface area contributed by atoms with Crippen molar-refractivity contribution in [3.05, 3.63) is 66.2 Å². The van der Waals surface area contributed by atoms with Crippen LogP contribution in [0.25, 0.3) is 11.2 Å². The van der Waals surface area contributed by atoms with Gasteiger partial charge in [0.1, 0.15) is 12.1 Å². The lowest BCUT2D eigenvalue weighted by molar-refractivity contribution is 0.283. The molecule has 0 spiro atoms. The van der Waals surface area contributed by atoms with E-state index in [-0.39, 0.29) is 6.04 Å². The van der Waals surface area contributed by atoms with Crippen LogP contribution in [0, 0.1) is 0 Å². The van der Waals surface area contributed by atoms with Gasteiger partial charge in [0.15, 0.2) is 17.1 Å². The standard InChI is InChI=1S/C27H34N6O3/c1-5-21(28)10-11-32(2)22-13-23-27(30-15-22)33(18-31-23)16-19-6-8-24(25(12-19)34-3)36-17-20-7-9-26(35-4)29-14-20/h6-9,12-15,18,21H,5,10-11,16-17,28H2,1-4H3. The monoisotopic (exact) mass is 490 g/mol. The van der Waals surface area contributed by atoms with Crippen molar-refractivity contribution in [1.82, 2.24) is 19.5 Å². The van der Waals surface area contributed by atoms with Gasteiger partial charge in [0.2, 0.25) is 5.88 Å². The van der Waals surface area contributed by atoms with Crippen molar-refractivity contribution in [2.75, 3.05) is 32.7 Å². The molecule has 4 rings (SSSR count). The number of ether oxygens (including phenoxy) is 3. The number of aromatic nitrogens is 4. The first-order chi connectivity index (χ1) is 17.5. The topological polar surface area (TPSA) is 101 Å². The summed E-state index contributed by atoms with van der Waals surface area (Å²) in [5, 5.41) is 0. The molecule has 0 aliphatic rings. The van der Waals surface area contributed by atoms with Crippen LogP contribution in [0.4, 0.5) is 5.69 Å². The second-order valence-corrected chi connectivity index (χ2v) is 8.77. The van der Waals surface area contributed by atoms with Gasteiger partial charge in [-0.25, -0.2) is 15.0 Å². The lowest BCUT2D eigenvalue weighted by Gasteiger charge is -2.20. The number of fused-ring (bicyclic) bond motifs is 1. The second kappa shape index (κ2) is 11.7. The van der Waals surface area contributed by atoms with Gasteiger partial charge in [-0.3, -0.25) is 0 Å². The Morgan fingerprint density at radius 1 is 0.972 bits per heavy atom. The first-order valence-electron chi connectivity index (χ1n) is 12.1. The van der Waals surface area contributed by atoms with E-state index in [1.165, 1.54) is 0 Å². The highest BCUT2D eigenvalue weighted by Gasteiger charge is 2.12. The Kier molecular flexibility index (Phi) is 8.22. The Balaban J connectivity index is 1.43. The fourth-order valence-electron chi connectivity index (χ4n) is 3.86. The van der Waals surface area contributed by atoms with E-state index in [1.54, 1.807) is 20.4 Å². The number of hydrogen-bond acceptors (Lipinski definition) is 8.